The number of anilines is 1. The first kappa shape index (κ1) is 14.9. The lowest BCUT2D eigenvalue weighted by atomic mass is 10.0. The Kier molecular flexibility index (Phi) is 3.82. The van der Waals surface area contributed by atoms with Crippen LogP contribution in [0.5, 0.6) is 0 Å². The molecule has 1 aromatic rings. The Hall–Kier alpha value is -1.50. The zero-order valence-corrected chi connectivity index (χ0v) is 11.1. The van der Waals surface area contributed by atoms with Crippen LogP contribution in [0, 0.1) is 0 Å². The molecule has 8 heteroatoms. The van der Waals surface area contributed by atoms with E-state index in [0.29, 0.717) is 11.3 Å². The van der Waals surface area contributed by atoms with Gasteiger partial charge < -0.3 is 10.2 Å². The van der Waals surface area contributed by atoms with E-state index in [4.69, 9.17) is 11.6 Å². The highest BCUT2D eigenvalue weighted by atomic mass is 35.5. The third kappa shape index (κ3) is 2.54. The second-order valence-electron chi connectivity index (χ2n) is 4.54. The molecular weight excluding hydrogens is 300 g/mol. The fourth-order valence-electron chi connectivity index (χ4n) is 1.89. The molecule has 0 radical (unpaired) electrons. The summed E-state index contributed by atoms with van der Waals surface area (Å²) in [5.74, 6) is -4.32. The number of hydrogen-bond acceptors (Lipinski definition) is 1. The number of urea groups is 1. The van der Waals surface area contributed by atoms with E-state index in [9.17, 15) is 22.4 Å². The SMILES string of the molecule is CN1Cc2cc(C(Cl)C(F)(F)C(F)F)ccc2NC1=O. The molecule has 1 unspecified atom stereocenters. The largest absolute Gasteiger partial charge is 0.327 e. The van der Waals surface area contributed by atoms with Gasteiger partial charge in [0.2, 0.25) is 0 Å². The van der Waals surface area contributed by atoms with Crippen LogP contribution in [-0.2, 0) is 6.54 Å². The summed E-state index contributed by atoms with van der Waals surface area (Å²) < 4.78 is 51.1. The fraction of sp³-hybridized carbons (Fsp3) is 0.417. The Morgan fingerprint density at radius 2 is 2.05 bits per heavy atom. The van der Waals surface area contributed by atoms with Crippen molar-refractivity contribution in [1.82, 2.24) is 4.90 Å². The minimum atomic E-state index is -4.32. The molecule has 0 saturated heterocycles. The molecule has 1 aliphatic heterocycles. The number of nitrogens with one attached hydrogen (secondary N) is 1. The van der Waals surface area contributed by atoms with E-state index < -0.39 is 17.7 Å². The van der Waals surface area contributed by atoms with Gasteiger partial charge in [0.15, 0.2) is 0 Å². The maximum absolute atomic E-state index is 13.2. The molecule has 0 bridgehead atoms. The smallest absolute Gasteiger partial charge is 0.323 e. The van der Waals surface area contributed by atoms with E-state index in [1.807, 2.05) is 0 Å². The Bertz CT molecular complexity index is 538. The van der Waals surface area contributed by atoms with Crippen LogP contribution >= 0.6 is 11.6 Å². The molecule has 1 aliphatic rings. The quantitative estimate of drug-likeness (QED) is 0.667. The highest BCUT2D eigenvalue weighted by Gasteiger charge is 2.48. The predicted molar refractivity (Wildman–Crippen MR) is 66.5 cm³/mol. The van der Waals surface area contributed by atoms with Crippen molar-refractivity contribution < 1.29 is 22.4 Å². The first-order valence-electron chi connectivity index (χ1n) is 5.68. The summed E-state index contributed by atoms with van der Waals surface area (Å²) in [6.45, 7) is 0.193. The van der Waals surface area contributed by atoms with Crippen molar-refractivity contribution in [1.29, 1.82) is 0 Å². The van der Waals surface area contributed by atoms with Crippen molar-refractivity contribution >= 4 is 23.3 Å². The molecule has 1 aromatic carbocycles. The second kappa shape index (κ2) is 5.12. The predicted octanol–water partition coefficient (Wildman–Crippen LogP) is 3.84. The average Bonchev–Trinajstić information content (AvgIpc) is 2.38. The zero-order valence-electron chi connectivity index (χ0n) is 10.3. The highest BCUT2D eigenvalue weighted by molar-refractivity contribution is 6.21. The number of nitrogens with zero attached hydrogens (tertiary/aromatic N) is 1. The molecule has 3 nitrogen and oxygen atoms in total. The van der Waals surface area contributed by atoms with Crippen molar-refractivity contribution in [2.45, 2.75) is 24.3 Å². The van der Waals surface area contributed by atoms with Gasteiger partial charge in [0, 0.05) is 19.3 Å². The summed E-state index contributed by atoms with van der Waals surface area (Å²) in [5, 5.41) is 0.417. The van der Waals surface area contributed by atoms with Gasteiger partial charge in [-0.05, 0) is 17.2 Å². The molecule has 1 N–H and O–H groups in total. The van der Waals surface area contributed by atoms with E-state index in [-0.39, 0.29) is 18.1 Å². The van der Waals surface area contributed by atoms with Crippen LogP contribution in [0.2, 0.25) is 0 Å². The molecule has 0 spiro atoms. The van der Waals surface area contributed by atoms with Gasteiger partial charge in [-0.2, -0.15) is 8.78 Å². The number of hydrogen-bond donors (Lipinski definition) is 1. The summed E-state index contributed by atoms with van der Waals surface area (Å²) in [6.07, 6.45) is -3.84. The Labute approximate surface area is 117 Å². The third-order valence-electron chi connectivity index (χ3n) is 3.05. The van der Waals surface area contributed by atoms with Gasteiger partial charge in [-0.3, -0.25) is 0 Å². The molecule has 20 heavy (non-hydrogen) atoms. The van der Waals surface area contributed by atoms with Gasteiger partial charge in [0.1, 0.15) is 5.38 Å². The van der Waals surface area contributed by atoms with Gasteiger partial charge in [0.25, 0.3) is 0 Å². The summed E-state index contributed by atoms with van der Waals surface area (Å²) in [7, 11) is 1.52. The monoisotopic (exact) mass is 310 g/mol. The summed E-state index contributed by atoms with van der Waals surface area (Å²) in [6, 6.07) is 3.56. The molecule has 1 atom stereocenters. The first-order chi connectivity index (χ1) is 9.23. The van der Waals surface area contributed by atoms with Crippen LogP contribution in [0.15, 0.2) is 18.2 Å². The third-order valence-corrected chi connectivity index (χ3v) is 3.59. The molecular formula is C12H11ClF4N2O. The molecule has 0 aromatic heterocycles. The zero-order chi connectivity index (χ0) is 15.1. The standard InChI is InChI=1S/C12H11ClF4N2O/c1-19-5-7-4-6(2-3-8(7)18-11(19)20)9(13)12(16,17)10(14)15/h2-4,9-10H,5H2,1H3,(H,18,20). The van der Waals surface area contributed by atoms with Crippen LogP contribution in [0.4, 0.5) is 28.0 Å². The van der Waals surface area contributed by atoms with Gasteiger partial charge in [-0.25, -0.2) is 13.6 Å². The van der Waals surface area contributed by atoms with E-state index in [1.54, 1.807) is 0 Å². The number of carbonyl (C=O) groups excluding carboxylic acids is 1. The van der Waals surface area contributed by atoms with Crippen LogP contribution in [-0.4, -0.2) is 30.3 Å². The lowest BCUT2D eigenvalue weighted by Crippen LogP contribution is -2.36. The number of halogens is 5. The number of amides is 2. The minimum absolute atomic E-state index is 0.111. The lowest BCUT2D eigenvalue weighted by molar-refractivity contribution is -0.130. The number of alkyl halides is 5. The van der Waals surface area contributed by atoms with Gasteiger partial charge in [0.05, 0.1) is 0 Å². The van der Waals surface area contributed by atoms with E-state index in [1.165, 1.54) is 30.1 Å². The van der Waals surface area contributed by atoms with E-state index in [0.717, 1.165) is 0 Å². The van der Waals surface area contributed by atoms with E-state index >= 15 is 0 Å². The Morgan fingerprint density at radius 3 is 2.65 bits per heavy atom. The summed E-state index contributed by atoms with van der Waals surface area (Å²) >= 11 is 5.47. The molecule has 110 valence electrons. The summed E-state index contributed by atoms with van der Waals surface area (Å²) in [5.41, 5.74) is 0.890. The molecule has 0 saturated carbocycles. The second-order valence-corrected chi connectivity index (χ2v) is 4.98. The fourth-order valence-corrected chi connectivity index (χ4v) is 2.13. The van der Waals surface area contributed by atoms with Crippen LogP contribution < -0.4 is 5.32 Å². The molecule has 2 amide bonds. The van der Waals surface area contributed by atoms with Crippen LogP contribution in [0.1, 0.15) is 16.5 Å². The van der Waals surface area contributed by atoms with Crippen molar-refractivity contribution in [2.24, 2.45) is 0 Å². The van der Waals surface area contributed by atoms with Crippen molar-refractivity contribution in [3.63, 3.8) is 0 Å². The average molecular weight is 311 g/mol. The molecule has 0 aliphatic carbocycles. The van der Waals surface area contributed by atoms with Crippen molar-refractivity contribution in [3.05, 3.63) is 29.3 Å². The summed E-state index contributed by atoms with van der Waals surface area (Å²) in [4.78, 5) is 12.7. The minimum Gasteiger partial charge on any atom is -0.323 e. The normalized spacial score (nSPS) is 16.9. The van der Waals surface area contributed by atoms with E-state index in [2.05, 4.69) is 5.32 Å². The Balaban J connectivity index is 2.32. The number of benzene rings is 1. The van der Waals surface area contributed by atoms with Crippen molar-refractivity contribution in [2.75, 3.05) is 12.4 Å². The van der Waals surface area contributed by atoms with Gasteiger partial charge >= 0.3 is 18.4 Å². The first-order valence-corrected chi connectivity index (χ1v) is 6.12. The van der Waals surface area contributed by atoms with Crippen LogP contribution in [0.25, 0.3) is 0 Å². The lowest BCUT2D eigenvalue weighted by Gasteiger charge is -2.27. The Morgan fingerprint density at radius 1 is 1.40 bits per heavy atom. The molecule has 1 heterocycles. The maximum Gasteiger partial charge on any atom is 0.327 e. The van der Waals surface area contributed by atoms with Gasteiger partial charge in [-0.15, -0.1) is 11.6 Å². The molecule has 0 fully saturated rings. The highest BCUT2D eigenvalue weighted by Crippen LogP contribution is 2.42. The van der Waals surface area contributed by atoms with Crippen molar-refractivity contribution in [3.8, 4) is 0 Å². The maximum atomic E-state index is 13.2. The number of fused-ring (bicyclic) bond motifs is 1. The van der Waals surface area contributed by atoms with Crippen LogP contribution in [0.3, 0.4) is 0 Å². The number of carbonyl (C=O) groups is 1. The number of rotatable bonds is 3. The molecule has 2 rings (SSSR count). The topological polar surface area (TPSA) is 32.3 Å². The van der Waals surface area contributed by atoms with Gasteiger partial charge in [-0.1, -0.05) is 12.1 Å².